The molecule has 1 N–H and O–H groups in total. The number of tetrazole rings is 1. The third-order valence-electron chi connectivity index (χ3n) is 2.33. The Bertz CT molecular complexity index is 481. The van der Waals surface area contributed by atoms with Crippen molar-refractivity contribution in [3.63, 3.8) is 0 Å². The van der Waals surface area contributed by atoms with E-state index >= 15 is 0 Å². The first-order valence-corrected chi connectivity index (χ1v) is 6.67. The van der Waals surface area contributed by atoms with Gasteiger partial charge in [0.05, 0.1) is 0 Å². The lowest BCUT2D eigenvalue weighted by molar-refractivity contribution is 0.664. The van der Waals surface area contributed by atoms with Gasteiger partial charge in [0.25, 0.3) is 0 Å². The third kappa shape index (κ3) is 3.51. The Morgan fingerprint density at radius 3 is 2.89 bits per heavy atom. The van der Waals surface area contributed by atoms with Crippen LogP contribution in [0.25, 0.3) is 0 Å². The number of aryl methyl sites for hydroxylation is 1. The van der Waals surface area contributed by atoms with Gasteiger partial charge in [-0.3, -0.25) is 0 Å². The minimum absolute atomic E-state index is 0.736. The lowest BCUT2D eigenvalue weighted by Gasteiger charge is -2.03. The molecule has 0 amide bonds. The van der Waals surface area contributed by atoms with E-state index in [0.29, 0.717) is 0 Å². The minimum Gasteiger partial charge on any atom is -0.313 e. The average molecular weight is 264 g/mol. The Hall–Kier alpha value is -1.47. The van der Waals surface area contributed by atoms with Crippen LogP contribution in [0.15, 0.2) is 28.5 Å². The first-order chi connectivity index (χ1) is 8.79. The van der Waals surface area contributed by atoms with Gasteiger partial charge in [0.1, 0.15) is 5.03 Å². The van der Waals surface area contributed by atoms with Crippen molar-refractivity contribution in [1.29, 1.82) is 0 Å². The summed E-state index contributed by atoms with van der Waals surface area (Å²) in [5.74, 6) is 0. The SMILES string of the molecule is CCCNCc1ccc(Sc2nnnn2C)nc1. The summed E-state index contributed by atoms with van der Waals surface area (Å²) >= 11 is 1.45. The van der Waals surface area contributed by atoms with Crippen LogP contribution >= 0.6 is 11.8 Å². The Morgan fingerprint density at radius 1 is 1.39 bits per heavy atom. The largest absolute Gasteiger partial charge is 0.313 e. The normalized spacial score (nSPS) is 10.8. The molecule has 0 aromatic carbocycles. The molecule has 0 aliphatic carbocycles. The molecule has 2 heterocycles. The van der Waals surface area contributed by atoms with Crippen molar-refractivity contribution in [1.82, 2.24) is 30.5 Å². The Kier molecular flexibility index (Phi) is 4.66. The summed E-state index contributed by atoms with van der Waals surface area (Å²) in [6.45, 7) is 4.04. The van der Waals surface area contributed by atoms with Crippen molar-refractivity contribution in [2.45, 2.75) is 30.1 Å². The number of nitrogens with one attached hydrogen (secondary N) is 1. The number of hydrogen-bond donors (Lipinski definition) is 1. The molecule has 96 valence electrons. The molecule has 7 heteroatoms. The molecule has 2 rings (SSSR count). The first-order valence-electron chi connectivity index (χ1n) is 5.85. The van der Waals surface area contributed by atoms with E-state index in [1.807, 2.05) is 19.3 Å². The van der Waals surface area contributed by atoms with Gasteiger partial charge >= 0.3 is 0 Å². The van der Waals surface area contributed by atoms with Crippen LogP contribution in [0.1, 0.15) is 18.9 Å². The standard InChI is InChI=1S/C11H16N6S/c1-3-6-12-7-9-4-5-10(13-8-9)18-11-14-15-16-17(11)2/h4-5,8,12H,3,6-7H2,1-2H3. The fourth-order valence-corrected chi connectivity index (χ4v) is 2.06. The predicted octanol–water partition coefficient (Wildman–Crippen LogP) is 1.26. The number of aromatic nitrogens is 5. The van der Waals surface area contributed by atoms with Crippen LogP contribution in [0.4, 0.5) is 0 Å². The first kappa shape index (κ1) is 13.0. The number of nitrogens with zero attached hydrogens (tertiary/aromatic N) is 5. The van der Waals surface area contributed by atoms with Crippen molar-refractivity contribution in [2.75, 3.05) is 6.54 Å². The van der Waals surface area contributed by atoms with Gasteiger partial charge < -0.3 is 5.32 Å². The number of rotatable bonds is 6. The summed E-state index contributed by atoms with van der Waals surface area (Å²) in [5.41, 5.74) is 1.18. The van der Waals surface area contributed by atoms with E-state index in [0.717, 1.165) is 29.7 Å². The Balaban J connectivity index is 1.93. The molecular weight excluding hydrogens is 248 g/mol. The van der Waals surface area contributed by atoms with Gasteiger partial charge in [0, 0.05) is 19.8 Å². The molecule has 0 radical (unpaired) electrons. The van der Waals surface area contributed by atoms with E-state index in [-0.39, 0.29) is 0 Å². The summed E-state index contributed by atoms with van der Waals surface area (Å²) in [5, 5.41) is 16.2. The van der Waals surface area contributed by atoms with E-state index in [4.69, 9.17) is 0 Å². The summed E-state index contributed by atoms with van der Waals surface area (Å²) in [4.78, 5) is 4.39. The number of pyridine rings is 1. The molecule has 0 bridgehead atoms. The zero-order chi connectivity index (χ0) is 12.8. The topological polar surface area (TPSA) is 68.5 Å². The molecule has 0 saturated carbocycles. The molecular formula is C11H16N6S. The van der Waals surface area contributed by atoms with Gasteiger partial charge in [-0.15, -0.1) is 5.10 Å². The lowest BCUT2D eigenvalue weighted by atomic mass is 10.3. The molecule has 2 aromatic heterocycles. The summed E-state index contributed by atoms with van der Waals surface area (Å²) in [6, 6.07) is 4.06. The summed E-state index contributed by atoms with van der Waals surface area (Å²) in [6.07, 6.45) is 3.02. The second kappa shape index (κ2) is 6.46. The summed E-state index contributed by atoms with van der Waals surface area (Å²) < 4.78 is 1.63. The van der Waals surface area contributed by atoms with Crippen molar-refractivity contribution >= 4 is 11.8 Å². The van der Waals surface area contributed by atoms with Crippen LogP contribution in [0.3, 0.4) is 0 Å². The smallest absolute Gasteiger partial charge is 0.215 e. The molecule has 0 fully saturated rings. The predicted molar refractivity (Wildman–Crippen MR) is 69.2 cm³/mol. The van der Waals surface area contributed by atoms with Gasteiger partial charge in [-0.05, 0) is 46.8 Å². The highest BCUT2D eigenvalue weighted by molar-refractivity contribution is 7.99. The monoisotopic (exact) mass is 264 g/mol. The van der Waals surface area contributed by atoms with E-state index < -0.39 is 0 Å². The maximum absolute atomic E-state index is 4.39. The minimum atomic E-state index is 0.736. The maximum atomic E-state index is 4.39. The Morgan fingerprint density at radius 2 is 2.28 bits per heavy atom. The highest BCUT2D eigenvalue weighted by Gasteiger charge is 2.05. The molecule has 0 unspecified atom stereocenters. The maximum Gasteiger partial charge on any atom is 0.215 e. The van der Waals surface area contributed by atoms with E-state index in [9.17, 15) is 0 Å². The quantitative estimate of drug-likeness (QED) is 0.792. The van der Waals surface area contributed by atoms with Crippen LogP contribution < -0.4 is 5.32 Å². The fraction of sp³-hybridized carbons (Fsp3) is 0.455. The second-order valence-electron chi connectivity index (χ2n) is 3.87. The van der Waals surface area contributed by atoms with E-state index in [2.05, 4.69) is 38.8 Å². The molecule has 6 nitrogen and oxygen atoms in total. The van der Waals surface area contributed by atoms with Crippen LogP contribution in [-0.4, -0.2) is 31.7 Å². The van der Waals surface area contributed by atoms with Crippen LogP contribution in [-0.2, 0) is 13.6 Å². The fourth-order valence-electron chi connectivity index (χ4n) is 1.39. The lowest BCUT2D eigenvalue weighted by Crippen LogP contribution is -2.13. The van der Waals surface area contributed by atoms with Crippen molar-refractivity contribution < 1.29 is 0 Å². The molecule has 0 spiro atoms. The van der Waals surface area contributed by atoms with Gasteiger partial charge in [0.15, 0.2) is 0 Å². The summed E-state index contributed by atoms with van der Waals surface area (Å²) in [7, 11) is 1.81. The van der Waals surface area contributed by atoms with Gasteiger partial charge in [-0.25, -0.2) is 9.67 Å². The highest BCUT2D eigenvalue weighted by Crippen LogP contribution is 2.22. The highest BCUT2D eigenvalue weighted by atomic mass is 32.2. The molecule has 0 saturated heterocycles. The molecule has 0 atom stereocenters. The molecule has 2 aromatic rings. The Labute approximate surface area is 110 Å². The van der Waals surface area contributed by atoms with E-state index in [1.54, 1.807) is 4.68 Å². The van der Waals surface area contributed by atoms with Crippen molar-refractivity contribution in [3.8, 4) is 0 Å². The van der Waals surface area contributed by atoms with Gasteiger partial charge in [-0.1, -0.05) is 13.0 Å². The van der Waals surface area contributed by atoms with Crippen molar-refractivity contribution in [3.05, 3.63) is 23.9 Å². The second-order valence-corrected chi connectivity index (χ2v) is 4.86. The van der Waals surface area contributed by atoms with Gasteiger partial charge in [-0.2, -0.15) is 0 Å². The third-order valence-corrected chi connectivity index (χ3v) is 3.31. The van der Waals surface area contributed by atoms with Crippen LogP contribution in [0.2, 0.25) is 0 Å². The van der Waals surface area contributed by atoms with Crippen molar-refractivity contribution in [2.24, 2.45) is 7.05 Å². The molecule has 18 heavy (non-hydrogen) atoms. The number of hydrogen-bond acceptors (Lipinski definition) is 6. The van der Waals surface area contributed by atoms with Gasteiger partial charge in [0.2, 0.25) is 5.16 Å². The zero-order valence-electron chi connectivity index (χ0n) is 10.5. The zero-order valence-corrected chi connectivity index (χ0v) is 11.3. The molecule has 0 aliphatic rings. The van der Waals surface area contributed by atoms with Crippen LogP contribution in [0, 0.1) is 0 Å². The van der Waals surface area contributed by atoms with E-state index in [1.165, 1.54) is 17.3 Å². The van der Waals surface area contributed by atoms with Crippen LogP contribution in [0.5, 0.6) is 0 Å². The average Bonchev–Trinajstić information content (AvgIpc) is 2.78. The molecule has 0 aliphatic heterocycles.